The van der Waals surface area contributed by atoms with Gasteiger partial charge < -0.3 is 5.73 Å². The summed E-state index contributed by atoms with van der Waals surface area (Å²) in [4.78, 5) is 0. The minimum atomic E-state index is 0.740. The summed E-state index contributed by atoms with van der Waals surface area (Å²) < 4.78 is 1.76. The van der Waals surface area contributed by atoms with E-state index in [1.807, 2.05) is 30.3 Å². The molecule has 6 heteroatoms. The number of rotatable bonds is 6. The second-order valence-electron chi connectivity index (χ2n) is 3.55. The van der Waals surface area contributed by atoms with Crippen molar-refractivity contribution in [1.82, 2.24) is 20.2 Å². The first-order valence-electron chi connectivity index (χ1n) is 5.58. The Kier molecular flexibility index (Phi) is 4.52. The van der Waals surface area contributed by atoms with Gasteiger partial charge in [0.05, 0.1) is 5.69 Å². The van der Waals surface area contributed by atoms with E-state index in [4.69, 9.17) is 5.73 Å². The molecule has 0 bridgehead atoms. The van der Waals surface area contributed by atoms with Crippen molar-refractivity contribution >= 4 is 11.8 Å². The summed E-state index contributed by atoms with van der Waals surface area (Å²) in [5, 5.41) is 12.6. The van der Waals surface area contributed by atoms with Gasteiger partial charge in [-0.05, 0) is 41.9 Å². The highest BCUT2D eigenvalue weighted by Gasteiger charge is 2.07. The number of thioether (sulfide) groups is 1. The van der Waals surface area contributed by atoms with Crippen LogP contribution in [0, 0.1) is 0 Å². The molecule has 2 rings (SSSR count). The minimum Gasteiger partial charge on any atom is -0.330 e. The Balaban J connectivity index is 2.02. The largest absolute Gasteiger partial charge is 0.330 e. The van der Waals surface area contributed by atoms with Gasteiger partial charge in [-0.3, -0.25) is 0 Å². The van der Waals surface area contributed by atoms with Gasteiger partial charge in [-0.2, -0.15) is 4.68 Å². The van der Waals surface area contributed by atoms with Crippen molar-refractivity contribution in [3.63, 3.8) is 0 Å². The topological polar surface area (TPSA) is 69.6 Å². The molecule has 0 saturated heterocycles. The number of hydrogen-bond acceptors (Lipinski definition) is 5. The van der Waals surface area contributed by atoms with E-state index in [0.717, 1.165) is 36.0 Å². The lowest BCUT2D eigenvalue weighted by atomic mass is 10.3. The number of hydrogen-bond donors (Lipinski definition) is 1. The molecule has 0 aliphatic heterocycles. The third-order valence-electron chi connectivity index (χ3n) is 2.27. The molecule has 0 spiro atoms. The molecule has 17 heavy (non-hydrogen) atoms. The van der Waals surface area contributed by atoms with Gasteiger partial charge in [0.1, 0.15) is 0 Å². The number of nitrogens with zero attached hydrogens (tertiary/aromatic N) is 4. The standard InChI is InChI=1S/C11H15N5S/c12-8-4-5-9-17-11-13-14-15-16(11)10-6-2-1-3-7-10/h1-3,6-7H,4-5,8-9,12H2. The Morgan fingerprint density at radius 1 is 1.18 bits per heavy atom. The van der Waals surface area contributed by atoms with E-state index in [9.17, 15) is 0 Å². The fourth-order valence-electron chi connectivity index (χ4n) is 1.41. The Morgan fingerprint density at radius 3 is 2.76 bits per heavy atom. The molecule has 5 nitrogen and oxygen atoms in total. The fourth-order valence-corrected chi connectivity index (χ4v) is 2.30. The lowest BCUT2D eigenvalue weighted by Crippen LogP contribution is -2.00. The van der Waals surface area contributed by atoms with E-state index in [0.29, 0.717) is 0 Å². The molecule has 1 aromatic heterocycles. The van der Waals surface area contributed by atoms with Crippen LogP contribution >= 0.6 is 11.8 Å². The van der Waals surface area contributed by atoms with Gasteiger partial charge in [0.25, 0.3) is 0 Å². The molecular formula is C11H15N5S. The first kappa shape index (κ1) is 12.1. The highest BCUT2D eigenvalue weighted by molar-refractivity contribution is 7.99. The number of unbranched alkanes of at least 4 members (excludes halogenated alkanes) is 1. The normalized spacial score (nSPS) is 10.6. The van der Waals surface area contributed by atoms with E-state index in [2.05, 4.69) is 15.5 Å². The first-order valence-corrected chi connectivity index (χ1v) is 6.57. The molecule has 0 saturated carbocycles. The predicted molar refractivity (Wildman–Crippen MR) is 68.2 cm³/mol. The molecule has 90 valence electrons. The summed E-state index contributed by atoms with van der Waals surface area (Å²) >= 11 is 1.66. The van der Waals surface area contributed by atoms with Crippen LogP contribution in [-0.2, 0) is 0 Å². The van der Waals surface area contributed by atoms with E-state index in [1.54, 1.807) is 16.4 Å². The molecule has 2 N–H and O–H groups in total. The highest BCUT2D eigenvalue weighted by atomic mass is 32.2. The molecule has 1 heterocycles. The SMILES string of the molecule is NCCCCSc1nnnn1-c1ccccc1. The molecule has 0 aliphatic rings. The van der Waals surface area contributed by atoms with E-state index >= 15 is 0 Å². The maximum Gasteiger partial charge on any atom is 0.214 e. The van der Waals surface area contributed by atoms with Gasteiger partial charge >= 0.3 is 0 Å². The molecule has 0 amide bonds. The van der Waals surface area contributed by atoms with Gasteiger partial charge in [-0.1, -0.05) is 30.0 Å². The summed E-state index contributed by atoms with van der Waals surface area (Å²) in [6.45, 7) is 0.740. The number of tetrazole rings is 1. The summed E-state index contributed by atoms with van der Waals surface area (Å²) in [5.41, 5.74) is 6.44. The molecular weight excluding hydrogens is 234 g/mol. The summed E-state index contributed by atoms with van der Waals surface area (Å²) in [7, 11) is 0. The zero-order valence-electron chi connectivity index (χ0n) is 9.49. The fraction of sp³-hybridized carbons (Fsp3) is 0.364. The van der Waals surface area contributed by atoms with E-state index < -0.39 is 0 Å². The third-order valence-corrected chi connectivity index (χ3v) is 3.28. The first-order chi connectivity index (χ1) is 8.42. The molecule has 0 atom stereocenters. The quantitative estimate of drug-likeness (QED) is 0.620. The van der Waals surface area contributed by atoms with Crippen molar-refractivity contribution < 1.29 is 0 Å². The molecule has 0 radical (unpaired) electrons. The van der Waals surface area contributed by atoms with Gasteiger partial charge in [-0.15, -0.1) is 5.10 Å². The molecule has 0 fully saturated rings. The average molecular weight is 249 g/mol. The van der Waals surface area contributed by atoms with Gasteiger partial charge in [0.15, 0.2) is 0 Å². The third kappa shape index (κ3) is 3.28. The Labute approximate surface area is 104 Å². The van der Waals surface area contributed by atoms with Crippen molar-refractivity contribution in [3.8, 4) is 5.69 Å². The Hall–Kier alpha value is -1.40. The van der Waals surface area contributed by atoms with Crippen molar-refractivity contribution in [2.75, 3.05) is 12.3 Å². The van der Waals surface area contributed by atoms with Gasteiger partial charge in [0.2, 0.25) is 5.16 Å². The van der Waals surface area contributed by atoms with Crippen LogP contribution in [0.1, 0.15) is 12.8 Å². The summed E-state index contributed by atoms with van der Waals surface area (Å²) in [6.07, 6.45) is 2.13. The maximum absolute atomic E-state index is 5.45. The van der Waals surface area contributed by atoms with Crippen LogP contribution in [-0.4, -0.2) is 32.5 Å². The molecule has 1 aromatic carbocycles. The maximum atomic E-state index is 5.45. The zero-order valence-corrected chi connectivity index (χ0v) is 10.3. The number of aromatic nitrogens is 4. The lowest BCUT2D eigenvalue weighted by molar-refractivity contribution is 0.754. The van der Waals surface area contributed by atoms with Crippen molar-refractivity contribution in [2.45, 2.75) is 18.0 Å². The van der Waals surface area contributed by atoms with Gasteiger partial charge in [-0.25, -0.2) is 0 Å². The summed E-state index contributed by atoms with van der Waals surface area (Å²) in [6, 6.07) is 9.89. The molecule has 0 unspecified atom stereocenters. The van der Waals surface area contributed by atoms with Crippen LogP contribution in [0.4, 0.5) is 0 Å². The van der Waals surface area contributed by atoms with Gasteiger partial charge in [0, 0.05) is 5.75 Å². The van der Waals surface area contributed by atoms with Crippen molar-refractivity contribution in [3.05, 3.63) is 30.3 Å². The second-order valence-corrected chi connectivity index (χ2v) is 4.62. The van der Waals surface area contributed by atoms with E-state index in [-0.39, 0.29) is 0 Å². The predicted octanol–water partition coefficient (Wildman–Crippen LogP) is 1.49. The van der Waals surface area contributed by atoms with Crippen LogP contribution in [0.15, 0.2) is 35.5 Å². The lowest BCUT2D eigenvalue weighted by Gasteiger charge is -2.03. The second kappa shape index (κ2) is 6.36. The highest BCUT2D eigenvalue weighted by Crippen LogP contribution is 2.18. The minimum absolute atomic E-state index is 0.740. The van der Waals surface area contributed by atoms with Crippen molar-refractivity contribution in [1.29, 1.82) is 0 Å². The Bertz CT molecular complexity index is 442. The molecule has 0 aliphatic carbocycles. The van der Waals surface area contributed by atoms with Crippen LogP contribution in [0.25, 0.3) is 5.69 Å². The Morgan fingerprint density at radius 2 is 2.00 bits per heavy atom. The van der Waals surface area contributed by atoms with Crippen LogP contribution in [0.3, 0.4) is 0 Å². The average Bonchev–Trinajstić information content (AvgIpc) is 2.84. The molecule has 2 aromatic rings. The number of para-hydroxylation sites is 1. The zero-order chi connectivity index (χ0) is 11.9. The summed E-state index contributed by atoms with van der Waals surface area (Å²) in [5.74, 6) is 0.990. The van der Waals surface area contributed by atoms with Crippen LogP contribution in [0.5, 0.6) is 0 Å². The van der Waals surface area contributed by atoms with Crippen molar-refractivity contribution in [2.24, 2.45) is 5.73 Å². The van der Waals surface area contributed by atoms with Crippen LogP contribution < -0.4 is 5.73 Å². The number of benzene rings is 1. The van der Waals surface area contributed by atoms with Crippen LogP contribution in [0.2, 0.25) is 0 Å². The smallest absolute Gasteiger partial charge is 0.214 e. The van der Waals surface area contributed by atoms with E-state index in [1.165, 1.54) is 0 Å². The number of nitrogens with two attached hydrogens (primary N) is 1. The monoisotopic (exact) mass is 249 g/mol.